The Balaban J connectivity index is 1.50. The summed E-state index contributed by atoms with van der Waals surface area (Å²) >= 11 is 6.43. The van der Waals surface area contributed by atoms with Crippen LogP contribution in [0.15, 0.2) is 55.0 Å². The molecule has 31 heavy (non-hydrogen) atoms. The highest BCUT2D eigenvalue weighted by Crippen LogP contribution is 2.34. The molecule has 5 rings (SSSR count). The van der Waals surface area contributed by atoms with Crippen molar-refractivity contribution in [3.8, 4) is 17.1 Å². The average Bonchev–Trinajstić information content (AvgIpc) is 3.41. The number of imidazole rings is 1. The molecule has 1 atom stereocenters. The molecule has 3 aromatic heterocycles. The van der Waals surface area contributed by atoms with Gasteiger partial charge in [0.05, 0.1) is 42.0 Å². The van der Waals surface area contributed by atoms with E-state index < -0.39 is 0 Å². The second-order valence-corrected chi connectivity index (χ2v) is 7.77. The predicted molar refractivity (Wildman–Crippen MR) is 120 cm³/mol. The van der Waals surface area contributed by atoms with E-state index in [2.05, 4.69) is 25.2 Å². The summed E-state index contributed by atoms with van der Waals surface area (Å²) in [6.07, 6.45) is 5.69. The molecule has 1 aromatic carbocycles. The van der Waals surface area contributed by atoms with Crippen molar-refractivity contribution in [2.45, 2.75) is 12.5 Å². The number of hydrogen-bond acceptors (Lipinski definition) is 7. The molecule has 0 amide bonds. The van der Waals surface area contributed by atoms with Crippen molar-refractivity contribution >= 4 is 34.6 Å². The van der Waals surface area contributed by atoms with Crippen LogP contribution in [0, 0.1) is 0 Å². The third-order valence-corrected chi connectivity index (χ3v) is 5.64. The summed E-state index contributed by atoms with van der Waals surface area (Å²) in [5, 5.41) is 13.6. The van der Waals surface area contributed by atoms with Crippen LogP contribution in [0.5, 0.6) is 5.75 Å². The van der Waals surface area contributed by atoms with Crippen LogP contribution in [-0.2, 0) is 0 Å². The van der Waals surface area contributed by atoms with Crippen molar-refractivity contribution in [2.24, 2.45) is 0 Å². The minimum Gasteiger partial charge on any atom is -0.495 e. The number of hydrogen-bond donors (Lipinski definition) is 2. The lowest BCUT2D eigenvalue weighted by atomic mass is 10.2. The summed E-state index contributed by atoms with van der Waals surface area (Å²) in [7, 11) is 1.62. The molecule has 1 aliphatic rings. The van der Waals surface area contributed by atoms with Gasteiger partial charge in [0.2, 0.25) is 5.95 Å². The Morgan fingerprint density at radius 2 is 2.10 bits per heavy atom. The number of ether oxygens (including phenoxy) is 1. The van der Waals surface area contributed by atoms with E-state index in [-0.39, 0.29) is 6.10 Å². The Hall–Kier alpha value is -3.36. The maximum atomic E-state index is 9.87. The normalized spacial score (nSPS) is 16.1. The number of benzene rings is 1. The number of β-amino-alcohol motifs (C(OH)–C–C–N with tert-alkyl or cyclic N) is 1. The first-order chi connectivity index (χ1) is 15.1. The van der Waals surface area contributed by atoms with Gasteiger partial charge in [-0.1, -0.05) is 17.7 Å². The summed E-state index contributed by atoms with van der Waals surface area (Å²) in [6, 6.07) is 11.6. The van der Waals surface area contributed by atoms with Crippen molar-refractivity contribution < 1.29 is 9.84 Å². The molecule has 4 heterocycles. The highest BCUT2D eigenvalue weighted by molar-refractivity contribution is 6.32. The van der Waals surface area contributed by atoms with Crippen LogP contribution in [0.1, 0.15) is 6.42 Å². The number of nitrogens with one attached hydrogen (secondary N) is 1. The molecule has 0 radical (unpaired) electrons. The lowest BCUT2D eigenvalue weighted by Gasteiger charge is -2.20. The number of methoxy groups -OCH3 is 1. The molecule has 8 nitrogen and oxygen atoms in total. The van der Waals surface area contributed by atoms with Crippen molar-refractivity contribution in [1.82, 2.24) is 19.4 Å². The zero-order valence-electron chi connectivity index (χ0n) is 16.9. The maximum absolute atomic E-state index is 9.87. The van der Waals surface area contributed by atoms with Crippen LogP contribution in [0.3, 0.4) is 0 Å². The van der Waals surface area contributed by atoms with E-state index in [4.69, 9.17) is 16.3 Å². The number of rotatable bonds is 5. The number of aliphatic hydroxyl groups is 1. The Bertz CT molecular complexity index is 1240. The number of pyridine rings is 1. The van der Waals surface area contributed by atoms with Crippen LogP contribution in [0.4, 0.5) is 17.3 Å². The second kappa shape index (κ2) is 8.05. The first-order valence-electron chi connectivity index (χ1n) is 9.95. The van der Waals surface area contributed by atoms with Gasteiger partial charge < -0.3 is 20.1 Å². The average molecular weight is 437 g/mol. The Morgan fingerprint density at radius 3 is 2.90 bits per heavy atom. The Morgan fingerprint density at radius 1 is 1.19 bits per heavy atom. The number of aromatic nitrogens is 4. The van der Waals surface area contributed by atoms with Gasteiger partial charge in [0.1, 0.15) is 17.1 Å². The van der Waals surface area contributed by atoms with Gasteiger partial charge in [0.15, 0.2) is 0 Å². The quantitative estimate of drug-likeness (QED) is 0.492. The highest BCUT2D eigenvalue weighted by atomic mass is 35.5. The number of aliphatic hydroxyl groups excluding tert-OH is 1. The fraction of sp³-hybridized carbons (Fsp3) is 0.227. The molecule has 1 fully saturated rings. The van der Waals surface area contributed by atoms with E-state index in [1.54, 1.807) is 19.5 Å². The zero-order valence-corrected chi connectivity index (χ0v) is 17.6. The van der Waals surface area contributed by atoms with E-state index in [1.165, 1.54) is 0 Å². The highest BCUT2D eigenvalue weighted by Gasteiger charge is 2.21. The molecule has 0 saturated carbocycles. The molecule has 9 heteroatoms. The summed E-state index contributed by atoms with van der Waals surface area (Å²) in [5.74, 6) is 1.06. The van der Waals surface area contributed by atoms with Crippen LogP contribution in [-0.4, -0.2) is 50.8 Å². The van der Waals surface area contributed by atoms with E-state index in [9.17, 15) is 5.11 Å². The molecule has 0 unspecified atom stereocenters. The van der Waals surface area contributed by atoms with Gasteiger partial charge in [-0.25, -0.2) is 15.0 Å². The summed E-state index contributed by atoms with van der Waals surface area (Å²) < 4.78 is 7.44. The van der Waals surface area contributed by atoms with Crippen molar-refractivity contribution in [3.05, 3.63) is 60.0 Å². The molecule has 2 N–H and O–H groups in total. The Labute approximate surface area is 184 Å². The van der Waals surface area contributed by atoms with Crippen LogP contribution >= 0.6 is 11.6 Å². The third-order valence-electron chi connectivity index (χ3n) is 5.36. The van der Waals surface area contributed by atoms with Gasteiger partial charge in [-0.15, -0.1) is 0 Å². The molecule has 1 saturated heterocycles. The van der Waals surface area contributed by atoms with Gasteiger partial charge in [0, 0.05) is 25.0 Å². The molecule has 1 aliphatic heterocycles. The number of nitrogens with zero attached hydrogens (tertiary/aromatic N) is 5. The standard InChI is InChI=1S/C22H21ClN6O2/c1-31-19-6-5-14(28-9-7-15(30)13-28)10-17(19)26-22-25-11-16(23)21(27-22)18-12-24-20-4-2-3-8-29(18)20/h2-6,8,10-12,15,30H,7,9,13H2,1H3,(H,25,26,27)/t15-/m0/s1. The van der Waals surface area contributed by atoms with E-state index in [0.29, 0.717) is 29.0 Å². The van der Waals surface area contributed by atoms with Crippen molar-refractivity contribution in [1.29, 1.82) is 0 Å². The number of fused-ring (bicyclic) bond motifs is 1. The second-order valence-electron chi connectivity index (χ2n) is 7.36. The topological polar surface area (TPSA) is 87.8 Å². The van der Waals surface area contributed by atoms with Crippen molar-refractivity contribution in [3.63, 3.8) is 0 Å². The first kappa shape index (κ1) is 19.6. The lowest BCUT2D eigenvalue weighted by Crippen LogP contribution is -2.21. The van der Waals surface area contributed by atoms with Gasteiger partial charge in [0.25, 0.3) is 0 Å². The Kier molecular flexibility index (Phi) is 5.09. The first-order valence-corrected chi connectivity index (χ1v) is 10.3. The lowest BCUT2D eigenvalue weighted by molar-refractivity contribution is 0.198. The molecule has 0 aliphatic carbocycles. The summed E-state index contributed by atoms with van der Waals surface area (Å²) in [6.45, 7) is 1.42. The predicted octanol–water partition coefficient (Wildman–Crippen LogP) is 3.77. The summed E-state index contributed by atoms with van der Waals surface area (Å²) in [5.41, 5.74) is 3.89. The van der Waals surface area contributed by atoms with Gasteiger partial charge in [-0.3, -0.25) is 4.40 Å². The molecule has 0 spiro atoms. The van der Waals surface area contributed by atoms with Crippen molar-refractivity contribution in [2.75, 3.05) is 30.4 Å². The third kappa shape index (κ3) is 3.75. The van der Waals surface area contributed by atoms with E-state index >= 15 is 0 Å². The molecular weight excluding hydrogens is 416 g/mol. The van der Waals surface area contributed by atoms with Crippen LogP contribution in [0.25, 0.3) is 17.0 Å². The molecule has 158 valence electrons. The van der Waals surface area contributed by atoms with E-state index in [1.807, 2.05) is 47.0 Å². The number of halogens is 1. The van der Waals surface area contributed by atoms with Gasteiger partial charge in [-0.05, 0) is 36.8 Å². The molecular formula is C22H21ClN6O2. The fourth-order valence-corrected chi connectivity index (χ4v) is 3.99. The van der Waals surface area contributed by atoms with Gasteiger partial charge >= 0.3 is 0 Å². The smallest absolute Gasteiger partial charge is 0.227 e. The zero-order chi connectivity index (χ0) is 21.4. The number of anilines is 3. The minimum atomic E-state index is -0.300. The maximum Gasteiger partial charge on any atom is 0.227 e. The fourth-order valence-electron chi connectivity index (χ4n) is 3.80. The van der Waals surface area contributed by atoms with E-state index in [0.717, 1.165) is 35.7 Å². The van der Waals surface area contributed by atoms with Crippen LogP contribution < -0.4 is 15.0 Å². The largest absolute Gasteiger partial charge is 0.495 e. The SMILES string of the molecule is COc1ccc(N2CC[C@H](O)C2)cc1Nc1ncc(Cl)c(-c2cnc3ccccn23)n1. The minimum absolute atomic E-state index is 0.300. The molecule has 0 bridgehead atoms. The van der Waals surface area contributed by atoms with Crippen LogP contribution in [0.2, 0.25) is 5.02 Å². The van der Waals surface area contributed by atoms with Gasteiger partial charge in [-0.2, -0.15) is 0 Å². The molecule has 4 aromatic rings. The summed E-state index contributed by atoms with van der Waals surface area (Å²) in [4.78, 5) is 15.6. The monoisotopic (exact) mass is 436 g/mol.